The first-order valence-corrected chi connectivity index (χ1v) is 8.37. The van der Waals surface area contributed by atoms with Gasteiger partial charge in [-0.05, 0) is 25.3 Å². The summed E-state index contributed by atoms with van der Waals surface area (Å²) in [6.45, 7) is 5.60. The summed E-state index contributed by atoms with van der Waals surface area (Å²) in [6.07, 6.45) is 5.79. The molecule has 0 amide bonds. The average molecular weight is 321 g/mol. The molecule has 0 saturated carbocycles. The number of hydrogen-bond acceptors (Lipinski definition) is 4. The fourth-order valence-corrected chi connectivity index (χ4v) is 2.68. The summed E-state index contributed by atoms with van der Waals surface area (Å²) in [4.78, 5) is 13.3. The summed E-state index contributed by atoms with van der Waals surface area (Å²) in [6, 6.07) is 12.5. The fraction of sp³-hybridized carbons (Fsp3) is 0.316. The van der Waals surface area contributed by atoms with Crippen molar-refractivity contribution in [3.05, 3.63) is 71.7 Å². The number of benzene rings is 1. The second kappa shape index (κ2) is 7.73. The highest BCUT2D eigenvalue weighted by Crippen LogP contribution is 2.10. The molecule has 1 aromatic carbocycles. The molecule has 1 N–H and O–H groups in total. The van der Waals surface area contributed by atoms with E-state index in [9.17, 15) is 0 Å². The number of rotatable bonds is 7. The lowest BCUT2D eigenvalue weighted by molar-refractivity contribution is 0.657. The number of imidazole rings is 1. The highest BCUT2D eigenvalue weighted by molar-refractivity contribution is 5.36. The van der Waals surface area contributed by atoms with Gasteiger partial charge in [-0.15, -0.1) is 0 Å². The molecule has 0 unspecified atom stereocenters. The van der Waals surface area contributed by atoms with Crippen LogP contribution in [0.3, 0.4) is 0 Å². The first-order chi connectivity index (χ1) is 11.7. The van der Waals surface area contributed by atoms with Crippen molar-refractivity contribution in [2.75, 3.05) is 5.32 Å². The van der Waals surface area contributed by atoms with E-state index in [-0.39, 0.29) is 0 Å². The summed E-state index contributed by atoms with van der Waals surface area (Å²) in [7, 11) is 0. The Bertz CT molecular complexity index is 779. The Hall–Kier alpha value is -2.69. The highest BCUT2D eigenvalue weighted by atomic mass is 15.1. The van der Waals surface area contributed by atoms with E-state index in [0.29, 0.717) is 6.54 Å². The molecule has 0 bridgehead atoms. The predicted octanol–water partition coefficient (Wildman–Crippen LogP) is 3.40. The van der Waals surface area contributed by atoms with Gasteiger partial charge in [-0.2, -0.15) is 0 Å². The van der Waals surface area contributed by atoms with Gasteiger partial charge in [-0.25, -0.2) is 15.0 Å². The molecule has 0 fully saturated rings. The second-order valence-corrected chi connectivity index (χ2v) is 5.77. The maximum Gasteiger partial charge on any atom is 0.130 e. The zero-order valence-electron chi connectivity index (χ0n) is 14.2. The Morgan fingerprint density at radius 1 is 1.12 bits per heavy atom. The van der Waals surface area contributed by atoms with Crippen LogP contribution in [0, 0.1) is 6.92 Å². The van der Waals surface area contributed by atoms with E-state index in [1.54, 1.807) is 0 Å². The highest BCUT2D eigenvalue weighted by Gasteiger charge is 2.05. The Morgan fingerprint density at radius 2 is 1.96 bits per heavy atom. The topological polar surface area (TPSA) is 55.6 Å². The van der Waals surface area contributed by atoms with Crippen molar-refractivity contribution in [1.82, 2.24) is 19.5 Å². The van der Waals surface area contributed by atoms with Crippen molar-refractivity contribution in [2.24, 2.45) is 0 Å². The summed E-state index contributed by atoms with van der Waals surface area (Å²) < 4.78 is 2.19. The Kier molecular flexibility index (Phi) is 5.21. The van der Waals surface area contributed by atoms with Gasteiger partial charge in [0.05, 0.1) is 6.54 Å². The lowest BCUT2D eigenvalue weighted by Gasteiger charge is -2.10. The van der Waals surface area contributed by atoms with Crippen LogP contribution in [0.5, 0.6) is 0 Å². The van der Waals surface area contributed by atoms with Crippen LogP contribution >= 0.6 is 0 Å². The van der Waals surface area contributed by atoms with E-state index < -0.39 is 0 Å². The van der Waals surface area contributed by atoms with Crippen LogP contribution in [-0.2, 0) is 25.9 Å². The van der Waals surface area contributed by atoms with Gasteiger partial charge in [0.25, 0.3) is 0 Å². The molecule has 3 aromatic rings. The van der Waals surface area contributed by atoms with Gasteiger partial charge in [0, 0.05) is 30.7 Å². The van der Waals surface area contributed by atoms with Gasteiger partial charge < -0.3 is 9.88 Å². The molecule has 5 heteroatoms. The zero-order valence-corrected chi connectivity index (χ0v) is 14.2. The number of aryl methyl sites for hydroxylation is 4. The van der Waals surface area contributed by atoms with Crippen molar-refractivity contribution < 1.29 is 0 Å². The molecule has 0 aliphatic carbocycles. The molecule has 2 aromatic heterocycles. The molecular weight excluding hydrogens is 298 g/mol. The summed E-state index contributed by atoms with van der Waals surface area (Å²) in [5, 5.41) is 3.37. The molecule has 0 aliphatic rings. The monoisotopic (exact) mass is 321 g/mol. The quantitative estimate of drug-likeness (QED) is 0.724. The van der Waals surface area contributed by atoms with E-state index in [1.165, 1.54) is 5.56 Å². The van der Waals surface area contributed by atoms with E-state index in [0.717, 1.165) is 42.5 Å². The standard InChI is InChI=1S/C19H23N5/c1-3-17-13-18(23-15(2)22-17)21-14-19-20-10-12-24(19)11-9-16-7-5-4-6-8-16/h4-8,10,12-13H,3,9,11,14H2,1-2H3,(H,21,22,23). The number of nitrogens with one attached hydrogen (secondary N) is 1. The van der Waals surface area contributed by atoms with Gasteiger partial charge in [0.15, 0.2) is 0 Å². The maximum absolute atomic E-state index is 4.47. The van der Waals surface area contributed by atoms with Crippen LogP contribution in [0.1, 0.15) is 29.8 Å². The lowest BCUT2D eigenvalue weighted by atomic mass is 10.1. The minimum atomic E-state index is 0.654. The molecule has 5 nitrogen and oxygen atoms in total. The van der Waals surface area contributed by atoms with Crippen LogP contribution in [-0.4, -0.2) is 19.5 Å². The lowest BCUT2D eigenvalue weighted by Crippen LogP contribution is -2.11. The molecule has 0 spiro atoms. The van der Waals surface area contributed by atoms with Gasteiger partial charge in [-0.3, -0.25) is 0 Å². The molecule has 0 saturated heterocycles. The number of nitrogens with zero attached hydrogens (tertiary/aromatic N) is 4. The third kappa shape index (κ3) is 4.19. The van der Waals surface area contributed by atoms with Gasteiger partial charge >= 0.3 is 0 Å². The molecule has 0 aliphatic heterocycles. The normalized spacial score (nSPS) is 10.8. The third-order valence-electron chi connectivity index (χ3n) is 3.97. The predicted molar refractivity (Wildman–Crippen MR) is 95.8 cm³/mol. The van der Waals surface area contributed by atoms with E-state index in [2.05, 4.69) is 56.0 Å². The van der Waals surface area contributed by atoms with Gasteiger partial charge in [0.1, 0.15) is 17.5 Å². The number of anilines is 1. The number of hydrogen-bond donors (Lipinski definition) is 1. The van der Waals surface area contributed by atoms with Crippen LogP contribution in [0.25, 0.3) is 0 Å². The first-order valence-electron chi connectivity index (χ1n) is 8.37. The van der Waals surface area contributed by atoms with Crippen LogP contribution in [0.4, 0.5) is 5.82 Å². The molecule has 3 rings (SSSR count). The van der Waals surface area contributed by atoms with E-state index in [1.807, 2.05) is 31.5 Å². The van der Waals surface area contributed by atoms with E-state index in [4.69, 9.17) is 0 Å². The summed E-state index contributed by atoms with van der Waals surface area (Å²) in [5.74, 6) is 2.67. The van der Waals surface area contributed by atoms with Crippen molar-refractivity contribution in [3.63, 3.8) is 0 Å². The van der Waals surface area contributed by atoms with Crippen LogP contribution in [0.2, 0.25) is 0 Å². The van der Waals surface area contributed by atoms with Crippen molar-refractivity contribution in [2.45, 2.75) is 39.8 Å². The van der Waals surface area contributed by atoms with Crippen molar-refractivity contribution in [3.8, 4) is 0 Å². The molecule has 0 radical (unpaired) electrons. The Labute approximate surface area is 142 Å². The second-order valence-electron chi connectivity index (χ2n) is 5.77. The maximum atomic E-state index is 4.47. The fourth-order valence-electron chi connectivity index (χ4n) is 2.68. The average Bonchev–Trinajstić information content (AvgIpc) is 3.06. The molecule has 24 heavy (non-hydrogen) atoms. The van der Waals surface area contributed by atoms with Crippen LogP contribution in [0.15, 0.2) is 48.8 Å². The smallest absolute Gasteiger partial charge is 0.130 e. The van der Waals surface area contributed by atoms with Crippen LogP contribution < -0.4 is 5.32 Å². The van der Waals surface area contributed by atoms with E-state index >= 15 is 0 Å². The summed E-state index contributed by atoms with van der Waals surface area (Å²) >= 11 is 0. The minimum Gasteiger partial charge on any atom is -0.363 e. The minimum absolute atomic E-state index is 0.654. The van der Waals surface area contributed by atoms with Gasteiger partial charge in [-0.1, -0.05) is 37.3 Å². The van der Waals surface area contributed by atoms with Crippen molar-refractivity contribution >= 4 is 5.82 Å². The first kappa shape index (κ1) is 16.2. The largest absolute Gasteiger partial charge is 0.363 e. The number of aromatic nitrogens is 4. The SMILES string of the molecule is CCc1cc(NCc2nccn2CCc2ccccc2)nc(C)n1. The van der Waals surface area contributed by atoms with Gasteiger partial charge in [0.2, 0.25) is 0 Å². The zero-order chi connectivity index (χ0) is 16.8. The molecular formula is C19H23N5. The Morgan fingerprint density at radius 3 is 2.75 bits per heavy atom. The molecule has 0 atom stereocenters. The Balaban J connectivity index is 1.62. The molecule has 2 heterocycles. The van der Waals surface area contributed by atoms with Crippen molar-refractivity contribution in [1.29, 1.82) is 0 Å². The summed E-state index contributed by atoms with van der Waals surface area (Å²) in [5.41, 5.74) is 2.39. The molecule has 124 valence electrons. The third-order valence-corrected chi connectivity index (χ3v) is 3.97.